The van der Waals surface area contributed by atoms with Crippen LogP contribution in [-0.2, 0) is 12.0 Å². The van der Waals surface area contributed by atoms with Gasteiger partial charge in [0, 0.05) is 60.8 Å². The fourth-order valence-electron chi connectivity index (χ4n) is 13.1. The van der Waals surface area contributed by atoms with E-state index in [9.17, 15) is 0 Å². The Morgan fingerprint density at radius 2 is 1.26 bits per heavy atom. The summed E-state index contributed by atoms with van der Waals surface area (Å²) in [6, 6.07) is 72.2. The number of hydrogen-bond acceptors (Lipinski definition) is 5. The van der Waals surface area contributed by atoms with Crippen molar-refractivity contribution >= 4 is 126 Å². The van der Waals surface area contributed by atoms with Gasteiger partial charge in [-0.3, -0.25) is 4.57 Å². The fraction of sp³-hybridized carbons (Fsp3) is 0.0411. The maximum Gasteiger partial charge on any atom is 0.235 e. The average molecular weight is 1040 g/mol. The minimum absolute atomic E-state index is 0.260. The predicted molar refractivity (Wildman–Crippen MR) is 336 cm³/mol. The van der Waals surface area contributed by atoms with E-state index in [4.69, 9.17) is 36.0 Å². The van der Waals surface area contributed by atoms with E-state index in [0.717, 1.165) is 132 Å². The summed E-state index contributed by atoms with van der Waals surface area (Å²) in [7, 11) is 0. The molecule has 0 saturated carbocycles. The van der Waals surface area contributed by atoms with E-state index in [1.54, 1.807) is 6.08 Å². The molecule has 6 nitrogen and oxygen atoms in total. The highest BCUT2D eigenvalue weighted by Crippen LogP contribution is 2.49. The first kappa shape index (κ1) is 46.1. The number of para-hydroxylation sites is 2. The molecule has 1 atom stereocenters. The molecule has 0 bridgehead atoms. The van der Waals surface area contributed by atoms with Crippen molar-refractivity contribution in [3.8, 4) is 28.3 Å². The van der Waals surface area contributed by atoms with Crippen LogP contribution in [0, 0.1) is 0 Å². The van der Waals surface area contributed by atoms with E-state index >= 15 is 0 Å². The first-order valence-electron chi connectivity index (χ1n) is 27.1. The van der Waals surface area contributed by atoms with Gasteiger partial charge in [0.05, 0.1) is 28.0 Å². The second-order valence-corrected chi connectivity index (χ2v) is 21.3. The van der Waals surface area contributed by atoms with Crippen LogP contribution < -0.4 is 0 Å². The smallest absolute Gasteiger partial charge is 0.235 e. The Hall–Kier alpha value is -10.0. The summed E-state index contributed by atoms with van der Waals surface area (Å²) in [5.74, 6) is 0.584. The number of fused-ring (bicyclic) bond motifs is 18. The van der Waals surface area contributed by atoms with Crippen molar-refractivity contribution in [2.45, 2.75) is 18.4 Å². The third-order valence-electron chi connectivity index (χ3n) is 16.5. The molecule has 3 aromatic heterocycles. The predicted octanol–water partition coefficient (Wildman–Crippen LogP) is 19.1. The largest absolute Gasteiger partial charge is 0.455 e. The Labute approximate surface area is 465 Å². The lowest BCUT2D eigenvalue weighted by atomic mass is 9.76. The van der Waals surface area contributed by atoms with Gasteiger partial charge in [0.15, 0.2) is 0 Å². The van der Waals surface area contributed by atoms with Gasteiger partial charge in [-0.2, -0.15) is 0 Å². The molecular weight excluding hydrogens is 998 g/mol. The first-order chi connectivity index (χ1) is 39.5. The van der Waals surface area contributed by atoms with Gasteiger partial charge in [-0.1, -0.05) is 225 Å². The number of benzene rings is 11. The maximum atomic E-state index is 7.04. The molecule has 1 aliphatic heterocycles. The quantitative estimate of drug-likeness (QED) is 0.0865. The number of furan rings is 1. The van der Waals surface area contributed by atoms with Crippen LogP contribution in [0.2, 0.25) is 0 Å². The van der Waals surface area contributed by atoms with Crippen molar-refractivity contribution in [2.24, 2.45) is 9.98 Å². The molecule has 0 amide bonds. The number of allylic oxidation sites excluding steroid dienone is 4. The lowest BCUT2D eigenvalue weighted by molar-refractivity contribution is 0.624. The van der Waals surface area contributed by atoms with Gasteiger partial charge in [-0.25, -0.2) is 20.0 Å². The van der Waals surface area contributed by atoms with Crippen molar-refractivity contribution in [1.29, 1.82) is 0 Å². The van der Waals surface area contributed by atoms with Gasteiger partial charge in [0.2, 0.25) is 11.2 Å². The van der Waals surface area contributed by atoms with Gasteiger partial charge in [0.25, 0.3) is 0 Å². The summed E-state index contributed by atoms with van der Waals surface area (Å²) in [5, 5.41) is 14.8. The number of hydrogen-bond donors (Lipinski definition) is 0. The van der Waals surface area contributed by atoms with Crippen LogP contribution in [0.15, 0.2) is 258 Å². The average Bonchev–Trinajstić information content (AvgIpc) is 4.35. The lowest BCUT2D eigenvalue weighted by Crippen LogP contribution is -2.32. The summed E-state index contributed by atoms with van der Waals surface area (Å²) < 4.78 is 9.41. The monoisotopic (exact) mass is 1040 g/mol. The van der Waals surface area contributed by atoms with Gasteiger partial charge < -0.3 is 4.42 Å². The number of nitrogens with zero attached hydrogens (tertiary/aromatic N) is 5. The molecule has 16 rings (SSSR count). The summed E-state index contributed by atoms with van der Waals surface area (Å²) in [6.45, 7) is 3.83. The van der Waals surface area contributed by atoms with Crippen LogP contribution in [0.4, 0.5) is 0 Å². The topological polar surface area (TPSA) is 68.6 Å². The van der Waals surface area contributed by atoms with E-state index in [0.29, 0.717) is 18.8 Å². The third-order valence-corrected chi connectivity index (χ3v) is 16.7. The van der Waals surface area contributed by atoms with Crippen LogP contribution in [-0.4, -0.2) is 25.5 Å². The second-order valence-electron chi connectivity index (χ2n) is 21.0. The Morgan fingerprint density at radius 3 is 2.12 bits per heavy atom. The second kappa shape index (κ2) is 18.0. The molecule has 11 aromatic carbocycles. The molecule has 0 N–H and O–H groups in total. The van der Waals surface area contributed by atoms with Gasteiger partial charge in [-0.05, 0) is 96.9 Å². The molecule has 0 saturated heterocycles. The molecule has 1 aliphatic carbocycles. The molecular formula is C73H46ClN5O. The molecule has 1 spiro atoms. The van der Waals surface area contributed by atoms with Crippen molar-refractivity contribution in [3.63, 3.8) is 0 Å². The summed E-state index contributed by atoms with van der Waals surface area (Å²) >= 11 is 6.69. The molecule has 4 heterocycles. The zero-order chi connectivity index (χ0) is 53.1. The van der Waals surface area contributed by atoms with Crippen LogP contribution in [0.3, 0.4) is 0 Å². The van der Waals surface area contributed by atoms with Crippen LogP contribution >= 0.6 is 11.6 Å². The standard InChI is InChI=1S/C73H46ClN5O/c1-2-3-4-8-31-63-73(78-71(74)75-63)40-17-22-48-34-32-45(43-61(48)73)41-44-33-37-53-52-25-13-14-26-54(52)65-57-29-15-27-55(56-28-16-30-58-64-50-23-11-9-18-46(50)36-39-62(64)80-70(56)58)68(57)79(69(65)60(53)42-44)72-76-66(49-20-6-5-7-21-49)59-38-35-47-19-10-12-24-51(47)67(59)77-72/h2-39,42-43H,1,40-41H2/b4-3-,31-8-/t73-/m0/s1. The van der Waals surface area contributed by atoms with Gasteiger partial charge in [-0.15, -0.1) is 0 Å². The van der Waals surface area contributed by atoms with Crippen molar-refractivity contribution in [3.05, 3.63) is 265 Å². The Morgan fingerprint density at radius 1 is 0.562 bits per heavy atom. The minimum Gasteiger partial charge on any atom is -0.455 e. The number of aliphatic imine (C=N–C) groups is 2. The number of halogens is 1. The molecule has 376 valence electrons. The van der Waals surface area contributed by atoms with Crippen LogP contribution in [0.25, 0.3) is 132 Å². The number of aromatic nitrogens is 3. The SMILES string of the molecule is C=C/C=C\C=C/C1=NC(Cl)=N[C@]12CC=Cc1ccc(Cc3ccc4c5ccccc5c5c6cccc(-c7cccc8c7oc7ccc9ccccc9c78)c6n(-c6nc(-c7ccccc7)c7ccc8ccccc8c7n6)c5c4c3)cc12. The summed E-state index contributed by atoms with van der Waals surface area (Å²) in [4.78, 5) is 21.3. The molecule has 0 unspecified atom stereocenters. The van der Waals surface area contributed by atoms with Crippen molar-refractivity contribution < 1.29 is 4.42 Å². The van der Waals surface area contributed by atoms with Crippen molar-refractivity contribution in [1.82, 2.24) is 14.5 Å². The van der Waals surface area contributed by atoms with E-state index in [1.165, 1.54) is 16.2 Å². The molecule has 80 heavy (non-hydrogen) atoms. The highest BCUT2D eigenvalue weighted by Gasteiger charge is 2.42. The Bertz CT molecular complexity index is 5170. The van der Waals surface area contributed by atoms with Crippen molar-refractivity contribution in [2.75, 3.05) is 0 Å². The molecule has 14 aromatic rings. The van der Waals surface area contributed by atoms with Gasteiger partial charge in [0.1, 0.15) is 16.7 Å². The minimum atomic E-state index is -0.729. The highest BCUT2D eigenvalue weighted by molar-refractivity contribution is 6.66. The number of rotatable bonds is 8. The first-order valence-corrected chi connectivity index (χ1v) is 27.5. The normalized spacial score (nSPS) is 15.4. The van der Waals surface area contributed by atoms with Gasteiger partial charge >= 0.3 is 0 Å². The van der Waals surface area contributed by atoms with E-state index < -0.39 is 5.54 Å². The van der Waals surface area contributed by atoms with Crippen LogP contribution in [0.1, 0.15) is 28.7 Å². The maximum absolute atomic E-state index is 7.04. The van der Waals surface area contributed by atoms with E-state index in [2.05, 4.69) is 223 Å². The Balaban J connectivity index is 0.995. The van der Waals surface area contributed by atoms with E-state index in [-0.39, 0.29) is 5.29 Å². The zero-order valence-corrected chi connectivity index (χ0v) is 44.0. The number of amidine groups is 1. The highest BCUT2D eigenvalue weighted by atomic mass is 35.5. The fourth-order valence-corrected chi connectivity index (χ4v) is 13.3. The molecule has 0 fully saturated rings. The summed E-state index contributed by atoms with van der Waals surface area (Å²) in [6.07, 6.45) is 15.3. The molecule has 7 heteroatoms. The third kappa shape index (κ3) is 6.99. The molecule has 2 aliphatic rings. The summed E-state index contributed by atoms with van der Waals surface area (Å²) in [5.41, 5.74) is 13.1. The zero-order valence-electron chi connectivity index (χ0n) is 43.2. The molecule has 0 radical (unpaired) electrons. The lowest BCUT2D eigenvalue weighted by Gasteiger charge is -2.31. The van der Waals surface area contributed by atoms with E-state index in [1.807, 2.05) is 24.3 Å². The Kier molecular flexibility index (Phi) is 10.4. The van der Waals surface area contributed by atoms with Crippen LogP contribution in [0.5, 0.6) is 0 Å².